The van der Waals surface area contributed by atoms with E-state index in [-0.39, 0.29) is 0 Å². The van der Waals surface area contributed by atoms with Crippen molar-refractivity contribution in [2.75, 3.05) is 14.1 Å². The number of hydrogen-bond donors (Lipinski definition) is 0. The molecule has 0 saturated carbocycles. The maximum atomic E-state index is 12.0. The van der Waals surface area contributed by atoms with Crippen molar-refractivity contribution in [2.45, 2.75) is 5.37 Å². The molecule has 0 fully saturated rings. The summed E-state index contributed by atoms with van der Waals surface area (Å²) in [4.78, 5) is 1.57. The smallest absolute Gasteiger partial charge is 0.273 e. The molecule has 15 heavy (non-hydrogen) atoms. The van der Waals surface area contributed by atoms with Gasteiger partial charge in [-0.25, -0.2) is 8.42 Å². The van der Waals surface area contributed by atoms with Gasteiger partial charge in [-0.05, 0) is 36.7 Å². The molecule has 84 valence electrons. The maximum absolute atomic E-state index is 12.0. The third-order valence-corrected chi connectivity index (χ3v) is 4.31. The van der Waals surface area contributed by atoms with Crippen molar-refractivity contribution in [2.24, 2.45) is 0 Å². The van der Waals surface area contributed by atoms with Gasteiger partial charge in [-0.1, -0.05) is 6.08 Å². The number of rotatable bonds is 4. The summed E-state index contributed by atoms with van der Waals surface area (Å²) in [6.07, 6.45) is 4.34. The van der Waals surface area contributed by atoms with E-state index in [1.165, 1.54) is 18.5 Å². The Morgan fingerprint density at radius 1 is 1.67 bits per heavy atom. The van der Waals surface area contributed by atoms with Crippen molar-refractivity contribution in [3.8, 4) is 0 Å². The molecule has 0 aliphatic carbocycles. The third kappa shape index (κ3) is 2.58. The first-order valence-corrected chi connectivity index (χ1v) is 6.71. The van der Waals surface area contributed by atoms with Crippen molar-refractivity contribution >= 4 is 32.6 Å². The van der Waals surface area contributed by atoms with Crippen LogP contribution in [0.25, 0.3) is 0 Å². The Kier molecular flexibility index (Phi) is 3.90. The zero-order valence-corrected chi connectivity index (χ0v) is 11.4. The van der Waals surface area contributed by atoms with E-state index < -0.39 is 15.4 Å². The van der Waals surface area contributed by atoms with Crippen molar-refractivity contribution in [3.05, 3.63) is 28.6 Å². The van der Waals surface area contributed by atoms with Crippen LogP contribution in [-0.4, -0.2) is 42.0 Å². The van der Waals surface area contributed by atoms with Crippen LogP contribution in [0.2, 0.25) is 0 Å². The van der Waals surface area contributed by atoms with Gasteiger partial charge in [0.1, 0.15) is 0 Å². The monoisotopic (exact) mass is 341 g/mol. The summed E-state index contributed by atoms with van der Waals surface area (Å²) in [6, 6.07) is 0. The van der Waals surface area contributed by atoms with Gasteiger partial charge in [0.25, 0.3) is 10.0 Å². The Bertz CT molecular complexity index is 452. The van der Waals surface area contributed by atoms with Gasteiger partial charge in [0, 0.05) is 0 Å². The highest BCUT2D eigenvalue weighted by Gasteiger charge is 2.26. The van der Waals surface area contributed by atoms with Crippen LogP contribution in [-0.2, 0) is 10.0 Å². The minimum Gasteiger partial charge on any atom is -0.289 e. The van der Waals surface area contributed by atoms with Crippen molar-refractivity contribution < 1.29 is 8.42 Å². The lowest BCUT2D eigenvalue weighted by Crippen LogP contribution is -2.37. The van der Waals surface area contributed by atoms with E-state index in [2.05, 4.69) is 11.7 Å². The van der Waals surface area contributed by atoms with Gasteiger partial charge in [0.15, 0.2) is 5.37 Å². The molecule has 0 aliphatic rings. The fourth-order valence-electron chi connectivity index (χ4n) is 1.13. The van der Waals surface area contributed by atoms with E-state index in [1.54, 1.807) is 19.0 Å². The lowest BCUT2D eigenvalue weighted by molar-refractivity contribution is 0.402. The molecular formula is C8H12IN3O2S. The summed E-state index contributed by atoms with van der Waals surface area (Å²) in [7, 11) is -0.163. The van der Waals surface area contributed by atoms with Gasteiger partial charge in [-0.3, -0.25) is 4.90 Å². The average molecular weight is 341 g/mol. The van der Waals surface area contributed by atoms with Crippen LogP contribution >= 0.6 is 22.6 Å². The largest absolute Gasteiger partial charge is 0.289 e. The van der Waals surface area contributed by atoms with Crippen LogP contribution in [0.4, 0.5) is 0 Å². The Balaban J connectivity index is 3.17. The summed E-state index contributed by atoms with van der Waals surface area (Å²) in [5.41, 5.74) is 0. The fraction of sp³-hybridized carbons (Fsp3) is 0.375. The second-order valence-electron chi connectivity index (χ2n) is 3.17. The predicted molar refractivity (Wildman–Crippen MR) is 66.9 cm³/mol. The predicted octanol–water partition coefficient (Wildman–Crippen LogP) is 0.739. The standard InChI is InChI=1S/C8H12IN3O2S/c1-4-8(11(2)3)15(13,14)12-6-7(9)5-10-12/h4-6,8H,1H2,2-3H3. The first-order valence-electron chi connectivity index (χ1n) is 4.13. The van der Waals surface area contributed by atoms with Crippen molar-refractivity contribution in [1.29, 1.82) is 0 Å². The first-order chi connectivity index (χ1) is 6.89. The minimum atomic E-state index is -3.52. The molecule has 0 N–H and O–H groups in total. The highest BCUT2D eigenvalue weighted by molar-refractivity contribution is 14.1. The SMILES string of the molecule is C=CC(N(C)C)S(=O)(=O)n1cc(I)cn1. The molecule has 1 unspecified atom stereocenters. The van der Waals surface area contributed by atoms with E-state index in [9.17, 15) is 8.42 Å². The molecule has 0 spiro atoms. The van der Waals surface area contributed by atoms with E-state index in [0.29, 0.717) is 0 Å². The van der Waals surface area contributed by atoms with Crippen molar-refractivity contribution in [3.63, 3.8) is 0 Å². The summed E-state index contributed by atoms with van der Waals surface area (Å²) < 4.78 is 25.8. The van der Waals surface area contributed by atoms with Gasteiger partial charge in [-0.2, -0.15) is 9.19 Å². The molecule has 1 atom stereocenters. The first kappa shape index (κ1) is 12.7. The molecule has 0 saturated heterocycles. The van der Waals surface area contributed by atoms with Gasteiger partial charge < -0.3 is 0 Å². The Morgan fingerprint density at radius 2 is 2.27 bits per heavy atom. The van der Waals surface area contributed by atoms with E-state index in [0.717, 1.165) is 7.66 Å². The number of halogens is 1. The molecule has 7 heteroatoms. The fourth-order valence-corrected chi connectivity index (χ4v) is 3.15. The minimum absolute atomic E-state index is 0.770. The normalized spacial score (nSPS) is 14.1. The average Bonchev–Trinajstić information content (AvgIpc) is 2.52. The molecule has 0 radical (unpaired) electrons. The molecule has 0 bridgehead atoms. The lowest BCUT2D eigenvalue weighted by atomic mass is 10.6. The zero-order chi connectivity index (χ0) is 11.6. The van der Waals surface area contributed by atoms with Crippen molar-refractivity contribution in [1.82, 2.24) is 14.1 Å². The molecular weight excluding hydrogens is 329 g/mol. The van der Waals surface area contributed by atoms with Crippen LogP contribution in [0, 0.1) is 3.57 Å². The second kappa shape index (κ2) is 4.62. The Morgan fingerprint density at radius 3 is 2.60 bits per heavy atom. The summed E-state index contributed by atoms with van der Waals surface area (Å²) in [6.45, 7) is 3.52. The van der Waals surface area contributed by atoms with Crippen LogP contribution in [0.15, 0.2) is 25.0 Å². The van der Waals surface area contributed by atoms with E-state index in [4.69, 9.17) is 0 Å². The van der Waals surface area contributed by atoms with Crippen LogP contribution < -0.4 is 0 Å². The molecule has 1 aromatic heterocycles. The molecule has 1 rings (SSSR count). The van der Waals surface area contributed by atoms with Crippen LogP contribution in [0.5, 0.6) is 0 Å². The second-order valence-corrected chi connectivity index (χ2v) is 6.30. The lowest BCUT2D eigenvalue weighted by Gasteiger charge is -2.20. The van der Waals surface area contributed by atoms with Crippen LogP contribution in [0.1, 0.15) is 0 Å². The van der Waals surface area contributed by atoms with Gasteiger partial charge in [0.2, 0.25) is 0 Å². The summed E-state index contributed by atoms with van der Waals surface area (Å²) in [5.74, 6) is 0. The maximum Gasteiger partial charge on any atom is 0.273 e. The third-order valence-electron chi connectivity index (χ3n) is 1.81. The van der Waals surface area contributed by atoms with E-state index in [1.807, 2.05) is 22.6 Å². The van der Waals surface area contributed by atoms with Gasteiger partial charge >= 0.3 is 0 Å². The number of nitrogens with zero attached hydrogens (tertiary/aromatic N) is 3. The molecule has 5 nitrogen and oxygen atoms in total. The molecule has 0 aliphatic heterocycles. The zero-order valence-electron chi connectivity index (χ0n) is 8.46. The summed E-state index contributed by atoms with van der Waals surface area (Å²) >= 11 is 2.01. The molecule has 1 aromatic rings. The number of aromatic nitrogens is 2. The van der Waals surface area contributed by atoms with Gasteiger partial charge in [-0.15, -0.1) is 6.58 Å². The topological polar surface area (TPSA) is 55.2 Å². The number of hydrogen-bond acceptors (Lipinski definition) is 4. The Hall–Kier alpha value is -0.410. The molecule has 1 heterocycles. The highest BCUT2D eigenvalue weighted by Crippen LogP contribution is 2.11. The van der Waals surface area contributed by atoms with Crippen LogP contribution in [0.3, 0.4) is 0 Å². The molecule has 0 aromatic carbocycles. The summed E-state index contributed by atoms with van der Waals surface area (Å²) in [5, 5.41) is 3.02. The Labute approximate surface area is 103 Å². The van der Waals surface area contributed by atoms with Gasteiger partial charge in [0.05, 0.1) is 16.0 Å². The van der Waals surface area contributed by atoms with E-state index >= 15 is 0 Å². The highest BCUT2D eigenvalue weighted by atomic mass is 127. The molecule has 0 amide bonds. The number of likely N-dealkylation sites (N-methyl/N-ethyl adjacent to an activating group) is 1. The quantitative estimate of drug-likeness (QED) is 0.599.